The summed E-state index contributed by atoms with van der Waals surface area (Å²) in [6.45, 7) is 3.51. The Labute approximate surface area is 166 Å². The number of nitrogens with one attached hydrogen (secondary N) is 1. The third-order valence-corrected chi connectivity index (χ3v) is 5.06. The number of fused-ring (bicyclic) bond motifs is 1. The van der Waals surface area contributed by atoms with E-state index in [1.807, 2.05) is 29.9 Å². The number of aromatic nitrogens is 1. The average Bonchev–Trinajstić information content (AvgIpc) is 3.06. The van der Waals surface area contributed by atoms with Gasteiger partial charge in [0.1, 0.15) is 0 Å². The molecule has 150 valence electrons. The highest BCUT2D eigenvalue weighted by Gasteiger charge is 2.16. The summed E-state index contributed by atoms with van der Waals surface area (Å²) in [5.74, 6) is 1.68. The fourth-order valence-corrected chi connectivity index (χ4v) is 3.37. The Kier molecular flexibility index (Phi) is 6.69. The zero-order chi connectivity index (χ0) is 19.9. The molecule has 0 bridgehead atoms. The first kappa shape index (κ1) is 19.9. The summed E-state index contributed by atoms with van der Waals surface area (Å²) in [5, 5.41) is 15.5. The van der Waals surface area contributed by atoms with Crippen molar-refractivity contribution in [2.75, 3.05) is 26.1 Å². The normalized spacial score (nSPS) is 11.0. The van der Waals surface area contributed by atoms with Gasteiger partial charge in [-0.15, -0.1) is 0 Å². The van der Waals surface area contributed by atoms with Gasteiger partial charge in [0.05, 0.1) is 13.7 Å². The standard InChI is InChI=1S/C23H30N2O3/c1-4-5-6-15-28-22-20-16-25(23(26)19(20)11-12-21(22)27-3)14-13-17-7-9-18(24-2)10-8-17/h7-12,16,24,26H,4-6,13-15H2,1-3H3. The predicted octanol–water partition coefficient (Wildman–Crippen LogP) is 5.21. The van der Waals surface area contributed by atoms with Gasteiger partial charge in [-0.25, -0.2) is 0 Å². The van der Waals surface area contributed by atoms with Crippen LogP contribution in [-0.4, -0.2) is 30.4 Å². The number of unbranched alkanes of at least 4 members (excludes halogenated alkanes) is 2. The van der Waals surface area contributed by atoms with Gasteiger partial charge in [-0.1, -0.05) is 31.9 Å². The molecule has 2 N–H and O–H groups in total. The van der Waals surface area contributed by atoms with Crippen LogP contribution in [-0.2, 0) is 13.0 Å². The Morgan fingerprint density at radius 2 is 1.82 bits per heavy atom. The maximum atomic E-state index is 10.7. The van der Waals surface area contributed by atoms with Crippen LogP contribution in [0.15, 0.2) is 42.6 Å². The lowest BCUT2D eigenvalue weighted by molar-refractivity contribution is 0.289. The van der Waals surface area contributed by atoms with Crippen molar-refractivity contribution in [1.82, 2.24) is 4.57 Å². The zero-order valence-electron chi connectivity index (χ0n) is 17.0. The minimum absolute atomic E-state index is 0.267. The van der Waals surface area contributed by atoms with Gasteiger partial charge in [-0.3, -0.25) is 0 Å². The first-order valence-electron chi connectivity index (χ1n) is 9.96. The number of nitrogens with zero attached hydrogens (tertiary/aromatic N) is 1. The SMILES string of the molecule is CCCCCOc1c(OC)ccc2c(O)n(CCc3ccc(NC)cc3)cc12. The van der Waals surface area contributed by atoms with Gasteiger partial charge in [-0.05, 0) is 42.7 Å². The molecule has 0 amide bonds. The van der Waals surface area contributed by atoms with Gasteiger partial charge >= 0.3 is 0 Å². The molecule has 0 aliphatic rings. The Bertz CT molecular complexity index is 900. The Morgan fingerprint density at radius 3 is 2.50 bits per heavy atom. The number of rotatable bonds is 10. The fraction of sp³-hybridized carbons (Fsp3) is 0.391. The minimum atomic E-state index is 0.267. The van der Waals surface area contributed by atoms with Crippen molar-refractivity contribution in [2.24, 2.45) is 0 Å². The molecule has 0 aliphatic heterocycles. The highest BCUT2D eigenvalue weighted by molar-refractivity contribution is 5.94. The smallest absolute Gasteiger partial charge is 0.199 e. The number of benzene rings is 2. The van der Waals surface area contributed by atoms with Crippen molar-refractivity contribution in [3.63, 3.8) is 0 Å². The van der Waals surface area contributed by atoms with Crippen molar-refractivity contribution >= 4 is 16.5 Å². The van der Waals surface area contributed by atoms with Gasteiger partial charge in [0.15, 0.2) is 17.4 Å². The van der Waals surface area contributed by atoms with E-state index >= 15 is 0 Å². The second-order valence-electron chi connectivity index (χ2n) is 6.96. The van der Waals surface area contributed by atoms with E-state index in [0.29, 0.717) is 24.7 Å². The molecule has 3 rings (SSSR count). The zero-order valence-corrected chi connectivity index (χ0v) is 17.0. The Hall–Kier alpha value is -2.82. The van der Waals surface area contributed by atoms with Gasteiger partial charge in [0.25, 0.3) is 0 Å². The van der Waals surface area contributed by atoms with Gasteiger partial charge < -0.3 is 24.5 Å². The van der Waals surface area contributed by atoms with Crippen LogP contribution in [0, 0.1) is 0 Å². The van der Waals surface area contributed by atoms with Crippen LogP contribution < -0.4 is 14.8 Å². The third-order valence-electron chi connectivity index (χ3n) is 5.06. The molecule has 0 saturated heterocycles. The lowest BCUT2D eigenvalue weighted by Crippen LogP contribution is -2.00. The number of aryl methyl sites for hydroxylation is 2. The van der Waals surface area contributed by atoms with Gasteiger partial charge in [0, 0.05) is 36.2 Å². The number of ether oxygens (including phenoxy) is 2. The molecule has 5 heteroatoms. The molecule has 28 heavy (non-hydrogen) atoms. The average molecular weight is 383 g/mol. The van der Waals surface area contributed by atoms with Crippen LogP contribution in [0.25, 0.3) is 10.8 Å². The largest absolute Gasteiger partial charge is 0.494 e. The summed E-state index contributed by atoms with van der Waals surface area (Å²) in [4.78, 5) is 0. The number of anilines is 1. The summed E-state index contributed by atoms with van der Waals surface area (Å²) in [7, 11) is 3.56. The summed E-state index contributed by atoms with van der Waals surface area (Å²) in [5.41, 5.74) is 2.32. The second kappa shape index (κ2) is 9.40. The summed E-state index contributed by atoms with van der Waals surface area (Å²) in [6, 6.07) is 12.1. The van der Waals surface area contributed by atoms with E-state index in [4.69, 9.17) is 9.47 Å². The van der Waals surface area contributed by atoms with Crippen LogP contribution in [0.1, 0.15) is 31.7 Å². The first-order valence-corrected chi connectivity index (χ1v) is 9.96. The molecule has 5 nitrogen and oxygen atoms in total. The van der Waals surface area contributed by atoms with Gasteiger partial charge in [0.2, 0.25) is 0 Å². The van der Waals surface area contributed by atoms with E-state index in [2.05, 4.69) is 36.5 Å². The monoisotopic (exact) mass is 382 g/mol. The molecule has 1 heterocycles. The highest BCUT2D eigenvalue weighted by atomic mass is 16.5. The molecule has 0 aliphatic carbocycles. The summed E-state index contributed by atoms with van der Waals surface area (Å²) >= 11 is 0. The molecule has 0 unspecified atom stereocenters. The molecular formula is C23H30N2O3. The molecule has 0 spiro atoms. The Balaban J connectivity index is 1.81. The molecule has 0 fully saturated rings. The minimum Gasteiger partial charge on any atom is -0.494 e. The van der Waals surface area contributed by atoms with Crippen LogP contribution in [0.5, 0.6) is 17.4 Å². The number of hydrogen-bond donors (Lipinski definition) is 2. The van der Waals surface area contributed by atoms with Crippen LogP contribution in [0.2, 0.25) is 0 Å². The van der Waals surface area contributed by atoms with Crippen LogP contribution >= 0.6 is 0 Å². The van der Waals surface area contributed by atoms with Crippen molar-refractivity contribution < 1.29 is 14.6 Å². The first-order chi connectivity index (χ1) is 13.7. The van der Waals surface area contributed by atoms with Crippen molar-refractivity contribution in [2.45, 2.75) is 39.2 Å². The van der Waals surface area contributed by atoms with E-state index < -0.39 is 0 Å². The third kappa shape index (κ3) is 4.35. The van der Waals surface area contributed by atoms with Crippen molar-refractivity contribution in [1.29, 1.82) is 0 Å². The number of methoxy groups -OCH3 is 1. The van der Waals surface area contributed by atoms with E-state index in [0.717, 1.165) is 42.1 Å². The molecular weight excluding hydrogens is 352 g/mol. The van der Waals surface area contributed by atoms with E-state index in [1.165, 1.54) is 5.56 Å². The highest BCUT2D eigenvalue weighted by Crippen LogP contribution is 2.40. The van der Waals surface area contributed by atoms with E-state index in [9.17, 15) is 5.11 Å². The maximum absolute atomic E-state index is 10.7. The molecule has 2 aromatic carbocycles. The lowest BCUT2D eigenvalue weighted by Gasteiger charge is -2.11. The maximum Gasteiger partial charge on any atom is 0.199 e. The number of hydrogen-bond acceptors (Lipinski definition) is 4. The van der Waals surface area contributed by atoms with E-state index in [1.54, 1.807) is 7.11 Å². The van der Waals surface area contributed by atoms with Gasteiger partial charge in [-0.2, -0.15) is 0 Å². The summed E-state index contributed by atoms with van der Waals surface area (Å²) < 4.78 is 13.4. The molecule has 0 saturated carbocycles. The number of aromatic hydroxyl groups is 1. The molecule has 3 aromatic rings. The van der Waals surface area contributed by atoms with Crippen LogP contribution in [0.3, 0.4) is 0 Å². The second-order valence-corrected chi connectivity index (χ2v) is 6.96. The molecule has 0 radical (unpaired) electrons. The molecule has 1 aromatic heterocycles. The van der Waals surface area contributed by atoms with Crippen LogP contribution in [0.4, 0.5) is 5.69 Å². The van der Waals surface area contributed by atoms with Crippen molar-refractivity contribution in [3.8, 4) is 17.4 Å². The fourth-order valence-electron chi connectivity index (χ4n) is 3.37. The predicted molar refractivity (Wildman–Crippen MR) is 115 cm³/mol. The quantitative estimate of drug-likeness (QED) is 0.473. The topological polar surface area (TPSA) is 55.6 Å². The summed E-state index contributed by atoms with van der Waals surface area (Å²) in [6.07, 6.45) is 6.09. The lowest BCUT2D eigenvalue weighted by atomic mass is 10.1. The molecule has 0 atom stereocenters. The van der Waals surface area contributed by atoms with Crippen molar-refractivity contribution in [3.05, 3.63) is 48.2 Å². The Morgan fingerprint density at radius 1 is 1.04 bits per heavy atom. The van der Waals surface area contributed by atoms with E-state index in [-0.39, 0.29) is 5.88 Å².